The molecule has 1 heterocycles. The van der Waals surface area contributed by atoms with E-state index in [4.69, 9.17) is 0 Å². The zero-order chi connectivity index (χ0) is 36.9. The number of benzene rings is 3. The molecule has 0 nitrogen and oxygen atoms in total. The van der Waals surface area contributed by atoms with E-state index >= 15 is 0 Å². The molecule has 2 saturated carbocycles. The zero-order valence-electron chi connectivity index (χ0n) is 33.2. The highest BCUT2D eigenvalue weighted by Crippen LogP contribution is 2.67. The average molecular weight is 735 g/mol. The predicted octanol–water partition coefficient (Wildman–Crippen LogP) is 15.3. The molecule has 0 saturated heterocycles. The number of rotatable bonds is 5. The number of allylic oxidation sites excluding steroid dienone is 11. The summed E-state index contributed by atoms with van der Waals surface area (Å²) >= 11 is 2.05. The van der Waals surface area contributed by atoms with Gasteiger partial charge in [-0.3, -0.25) is 0 Å². The summed E-state index contributed by atoms with van der Waals surface area (Å²) in [6, 6.07) is 21.2. The van der Waals surface area contributed by atoms with Gasteiger partial charge in [-0.1, -0.05) is 103 Å². The summed E-state index contributed by atoms with van der Waals surface area (Å²) in [7, 11) is 0. The van der Waals surface area contributed by atoms with Crippen LogP contribution >= 0.6 is 11.3 Å². The Morgan fingerprint density at radius 2 is 1.64 bits per heavy atom. The topological polar surface area (TPSA) is 0 Å². The van der Waals surface area contributed by atoms with Gasteiger partial charge in [0.2, 0.25) is 0 Å². The lowest BCUT2D eigenvalue weighted by Crippen LogP contribution is -2.29. The minimum Gasteiger partial charge on any atom is -0.141 e. The number of fused-ring (bicyclic) bond motifs is 8. The fourth-order valence-electron chi connectivity index (χ4n) is 12.9. The van der Waals surface area contributed by atoms with Crippen molar-refractivity contribution < 1.29 is 0 Å². The molecule has 1 aromatic heterocycles. The van der Waals surface area contributed by atoms with Crippen LogP contribution in [0.4, 0.5) is 0 Å². The van der Waals surface area contributed by atoms with E-state index in [-0.39, 0.29) is 0 Å². The van der Waals surface area contributed by atoms with Gasteiger partial charge in [-0.15, -0.1) is 11.3 Å². The van der Waals surface area contributed by atoms with Gasteiger partial charge in [-0.05, 0) is 200 Å². The smallest absolute Gasteiger partial charge is 0.0351 e. The molecule has 7 aliphatic rings. The maximum atomic E-state index is 2.84. The van der Waals surface area contributed by atoms with E-state index in [9.17, 15) is 0 Å². The molecule has 0 N–H and O–H groups in total. The van der Waals surface area contributed by atoms with Gasteiger partial charge < -0.3 is 0 Å². The number of hydrogen-bond donors (Lipinski definition) is 0. The van der Waals surface area contributed by atoms with E-state index in [1.165, 1.54) is 107 Å². The van der Waals surface area contributed by atoms with Crippen molar-refractivity contribution in [1.82, 2.24) is 0 Å². The molecular formula is C54H54S. The molecule has 1 heteroatoms. The molecule has 7 aliphatic carbocycles. The molecule has 0 aliphatic heterocycles. The van der Waals surface area contributed by atoms with E-state index in [0.717, 1.165) is 5.92 Å². The first kappa shape index (κ1) is 34.1. The first-order valence-corrected chi connectivity index (χ1v) is 22.4. The van der Waals surface area contributed by atoms with Crippen LogP contribution in [-0.2, 0) is 6.42 Å². The summed E-state index contributed by atoms with van der Waals surface area (Å²) in [5.74, 6) is 3.83. The fourth-order valence-corrected chi connectivity index (χ4v) is 13.8. The van der Waals surface area contributed by atoms with Crippen LogP contribution in [0.15, 0.2) is 113 Å². The monoisotopic (exact) mass is 734 g/mol. The predicted molar refractivity (Wildman–Crippen MR) is 236 cm³/mol. The molecule has 276 valence electrons. The van der Waals surface area contributed by atoms with Crippen molar-refractivity contribution in [2.45, 2.75) is 104 Å². The molecule has 0 bridgehead atoms. The van der Waals surface area contributed by atoms with Crippen LogP contribution in [0, 0.1) is 30.6 Å². The maximum Gasteiger partial charge on any atom is 0.0351 e. The third kappa shape index (κ3) is 5.21. The minimum absolute atomic E-state index is 0.452. The van der Waals surface area contributed by atoms with E-state index in [1.54, 1.807) is 50.1 Å². The Kier molecular flexibility index (Phi) is 8.18. The summed E-state index contributed by atoms with van der Waals surface area (Å²) in [4.78, 5) is 2.94. The SMILES string of the molecule is CC(C)=CC=C(C)c1c2c(c(-c3ccc(C)s3)c3c1-c1ccc(-c4ccccc4)c4c1C3CCC4)C1CCCC3C4C=C(C5=CCCC=C5)CCC4C(=C2)C13. The Morgan fingerprint density at radius 1 is 0.764 bits per heavy atom. The van der Waals surface area contributed by atoms with Crippen LogP contribution in [0.1, 0.15) is 129 Å². The van der Waals surface area contributed by atoms with Crippen molar-refractivity contribution in [3.63, 3.8) is 0 Å². The lowest BCUT2D eigenvalue weighted by molar-refractivity contribution is 0.222. The van der Waals surface area contributed by atoms with Gasteiger partial charge in [0.15, 0.2) is 0 Å². The summed E-state index contributed by atoms with van der Waals surface area (Å²) in [6.45, 7) is 9.24. The maximum absolute atomic E-state index is 2.84. The van der Waals surface area contributed by atoms with Crippen molar-refractivity contribution in [3.05, 3.63) is 152 Å². The molecular weight excluding hydrogens is 681 g/mol. The fraction of sp³-hybridized carbons (Fsp3) is 0.370. The van der Waals surface area contributed by atoms with E-state index < -0.39 is 0 Å². The normalized spacial score (nSPS) is 26.9. The lowest BCUT2D eigenvalue weighted by atomic mass is 9.62. The summed E-state index contributed by atoms with van der Waals surface area (Å²) < 4.78 is 0. The van der Waals surface area contributed by atoms with Gasteiger partial charge in [0.05, 0.1) is 0 Å². The van der Waals surface area contributed by atoms with Crippen LogP contribution in [0.5, 0.6) is 0 Å². The van der Waals surface area contributed by atoms with Crippen LogP contribution in [0.25, 0.3) is 44.3 Å². The Morgan fingerprint density at radius 3 is 2.44 bits per heavy atom. The molecule has 4 aromatic rings. The van der Waals surface area contributed by atoms with Crippen LogP contribution in [-0.4, -0.2) is 0 Å². The Hall–Kier alpha value is -4.20. The van der Waals surface area contributed by atoms with Crippen molar-refractivity contribution in [1.29, 1.82) is 0 Å². The van der Waals surface area contributed by atoms with E-state index in [2.05, 4.69) is 125 Å². The highest BCUT2D eigenvalue weighted by molar-refractivity contribution is 7.15. The highest BCUT2D eigenvalue weighted by atomic mass is 32.1. The van der Waals surface area contributed by atoms with Crippen molar-refractivity contribution >= 4 is 23.0 Å². The molecule has 3 aromatic carbocycles. The lowest BCUT2D eigenvalue weighted by Gasteiger charge is -2.42. The largest absolute Gasteiger partial charge is 0.141 e. The van der Waals surface area contributed by atoms with Gasteiger partial charge in [0, 0.05) is 21.2 Å². The van der Waals surface area contributed by atoms with Gasteiger partial charge in [-0.2, -0.15) is 0 Å². The molecule has 6 atom stereocenters. The average Bonchev–Trinajstić information content (AvgIpc) is 3.90. The number of hydrogen-bond acceptors (Lipinski definition) is 1. The first-order valence-electron chi connectivity index (χ1n) is 21.6. The van der Waals surface area contributed by atoms with E-state index in [0.29, 0.717) is 29.6 Å². The van der Waals surface area contributed by atoms with Crippen molar-refractivity contribution in [3.8, 4) is 32.7 Å². The third-order valence-corrected chi connectivity index (χ3v) is 15.9. The second kappa shape index (κ2) is 13.2. The molecule has 11 rings (SSSR count). The van der Waals surface area contributed by atoms with Gasteiger partial charge in [-0.25, -0.2) is 0 Å². The van der Waals surface area contributed by atoms with Crippen molar-refractivity contribution in [2.24, 2.45) is 23.7 Å². The molecule has 2 fully saturated rings. The standard InChI is InChI=1S/C54H54S/c1-31(2)21-22-32(3)48-46-30-45-38-25-24-36(34-13-7-5-8-14-34)29-44(38)40-18-12-19-41(50(40)45)51(46)54(47-28-23-33(4)55-47)53-42-20-11-17-39-37(35-15-9-6-10-16-35)26-27-43(49(39)42)52(48)53/h6-7,9-10,13-16,21-23,26-30,38,40-42,44,50H,5,8,11-12,17-20,24-25H2,1-4H3. The molecule has 6 unspecified atom stereocenters. The molecule has 0 radical (unpaired) electrons. The summed E-state index contributed by atoms with van der Waals surface area (Å²) in [6.07, 6.45) is 30.5. The van der Waals surface area contributed by atoms with Crippen LogP contribution in [0.3, 0.4) is 0 Å². The van der Waals surface area contributed by atoms with Crippen LogP contribution < -0.4 is 0 Å². The Bertz CT molecular complexity index is 2450. The van der Waals surface area contributed by atoms with Gasteiger partial charge in [0.1, 0.15) is 0 Å². The minimum atomic E-state index is 0.452. The summed E-state index contributed by atoms with van der Waals surface area (Å²) in [5.41, 5.74) is 25.1. The zero-order valence-corrected chi connectivity index (χ0v) is 34.0. The second-order valence-corrected chi connectivity index (χ2v) is 19.4. The quantitative estimate of drug-likeness (QED) is 0.179. The highest BCUT2D eigenvalue weighted by Gasteiger charge is 2.54. The van der Waals surface area contributed by atoms with Crippen molar-refractivity contribution in [2.75, 3.05) is 0 Å². The number of aryl methyl sites for hydroxylation is 1. The Labute approximate surface area is 333 Å². The van der Waals surface area contributed by atoms with E-state index in [1.807, 2.05) is 16.9 Å². The third-order valence-electron chi connectivity index (χ3n) is 14.9. The van der Waals surface area contributed by atoms with Crippen LogP contribution in [0.2, 0.25) is 0 Å². The molecule has 0 amide bonds. The Balaban J connectivity index is 1.20. The number of thiophene rings is 1. The molecule has 0 spiro atoms. The first-order chi connectivity index (χ1) is 27.0. The molecule has 55 heavy (non-hydrogen) atoms. The second-order valence-electron chi connectivity index (χ2n) is 18.2. The van der Waals surface area contributed by atoms with Gasteiger partial charge in [0.25, 0.3) is 0 Å². The summed E-state index contributed by atoms with van der Waals surface area (Å²) in [5, 5.41) is 0. The van der Waals surface area contributed by atoms with Gasteiger partial charge >= 0.3 is 0 Å².